The molecular weight excluding hydrogens is 462 g/mol. The zero-order valence-electron chi connectivity index (χ0n) is 21.6. The molecule has 0 bridgehead atoms. The van der Waals surface area contributed by atoms with Crippen LogP contribution in [0.2, 0.25) is 0 Å². The fourth-order valence-corrected chi connectivity index (χ4v) is 3.90. The summed E-state index contributed by atoms with van der Waals surface area (Å²) in [4.78, 5) is 21.5. The van der Waals surface area contributed by atoms with Crippen molar-refractivity contribution in [3.63, 3.8) is 0 Å². The van der Waals surface area contributed by atoms with E-state index >= 15 is 0 Å². The van der Waals surface area contributed by atoms with Crippen LogP contribution < -0.4 is 9.47 Å². The molecule has 0 spiro atoms. The third kappa shape index (κ3) is 7.46. The summed E-state index contributed by atoms with van der Waals surface area (Å²) in [6.45, 7) is 14.4. The van der Waals surface area contributed by atoms with Crippen molar-refractivity contribution in [2.24, 2.45) is 4.58 Å². The van der Waals surface area contributed by atoms with E-state index in [1.54, 1.807) is 6.08 Å². The van der Waals surface area contributed by atoms with E-state index in [1.807, 2.05) is 58.9 Å². The van der Waals surface area contributed by atoms with Gasteiger partial charge in [-0.15, -0.1) is 4.91 Å². The summed E-state index contributed by atoms with van der Waals surface area (Å²) in [5, 5.41) is 10.3. The standard InChI is InChI=1S/C23H25NO5S.C5H10/c1-14-15(2)22-20(16(3)21(14)26)9-10-23(4,29-22)13-28-18-7-5-17(6-8-18)11-19(12-25)30-24-27;1-4-5(2)3/h5-8,11-12,26H,9-10,13H2,1-4H3;4H,1-3H3/b19-11-;. The molecule has 0 saturated heterocycles. The van der Waals surface area contributed by atoms with Crippen molar-refractivity contribution >= 4 is 24.3 Å². The van der Waals surface area contributed by atoms with Crippen LogP contribution in [0.1, 0.15) is 61.9 Å². The first-order valence-corrected chi connectivity index (χ1v) is 12.3. The van der Waals surface area contributed by atoms with E-state index in [0.29, 0.717) is 36.3 Å². The van der Waals surface area contributed by atoms with Crippen LogP contribution in [0.3, 0.4) is 0 Å². The van der Waals surface area contributed by atoms with Crippen LogP contribution in [0.25, 0.3) is 6.08 Å². The molecule has 1 atom stereocenters. The van der Waals surface area contributed by atoms with Gasteiger partial charge < -0.3 is 14.6 Å². The number of rotatable bonds is 7. The summed E-state index contributed by atoms with van der Waals surface area (Å²) in [7, 11) is 0. The van der Waals surface area contributed by atoms with Crippen molar-refractivity contribution in [3.8, 4) is 17.2 Å². The van der Waals surface area contributed by atoms with E-state index < -0.39 is 5.60 Å². The average Bonchev–Trinajstić information content (AvgIpc) is 2.85. The fraction of sp³-hybridized carbons (Fsp3) is 0.393. The van der Waals surface area contributed by atoms with Gasteiger partial charge in [0, 0.05) is 10.1 Å². The van der Waals surface area contributed by atoms with Crippen LogP contribution in [-0.2, 0) is 11.2 Å². The molecule has 2 aromatic rings. The van der Waals surface area contributed by atoms with E-state index in [-0.39, 0.29) is 4.91 Å². The minimum atomic E-state index is -0.483. The Hall–Kier alpha value is -3.06. The first-order chi connectivity index (χ1) is 16.5. The smallest absolute Gasteiger partial charge is 0.158 e. The van der Waals surface area contributed by atoms with Gasteiger partial charge in [0.15, 0.2) is 6.29 Å². The van der Waals surface area contributed by atoms with Crippen molar-refractivity contribution in [3.05, 3.63) is 73.5 Å². The number of benzene rings is 2. The Labute approximate surface area is 212 Å². The highest BCUT2D eigenvalue weighted by molar-refractivity contribution is 8.02. The molecule has 0 fully saturated rings. The summed E-state index contributed by atoms with van der Waals surface area (Å²) < 4.78 is 15.0. The van der Waals surface area contributed by atoms with E-state index in [4.69, 9.17) is 9.47 Å². The number of phenols is 1. The fourth-order valence-electron chi connectivity index (χ4n) is 3.58. The Bertz CT molecular complexity index is 1120. The van der Waals surface area contributed by atoms with Crippen molar-refractivity contribution < 1.29 is 19.4 Å². The van der Waals surface area contributed by atoms with Crippen LogP contribution in [0, 0.1) is 25.7 Å². The molecule has 0 radical (unpaired) electrons. The lowest BCUT2D eigenvalue weighted by molar-refractivity contribution is -0.104. The van der Waals surface area contributed by atoms with Crippen LogP contribution in [0.5, 0.6) is 17.2 Å². The van der Waals surface area contributed by atoms with Gasteiger partial charge in [-0.3, -0.25) is 4.79 Å². The second-order valence-electron chi connectivity index (χ2n) is 9.14. The number of carbonyl (C=O) groups is 1. The zero-order valence-corrected chi connectivity index (χ0v) is 22.4. The molecule has 1 N–H and O–H groups in total. The highest BCUT2D eigenvalue weighted by Crippen LogP contribution is 2.43. The van der Waals surface area contributed by atoms with Crippen LogP contribution in [0.4, 0.5) is 0 Å². The molecule has 2 aromatic carbocycles. The molecule has 0 aliphatic carbocycles. The molecule has 3 rings (SSSR count). The number of phenolic OH excluding ortho intramolecular Hbond substituents is 1. The van der Waals surface area contributed by atoms with Crippen molar-refractivity contribution in [2.75, 3.05) is 6.61 Å². The topological polar surface area (TPSA) is 85.2 Å². The Balaban J connectivity index is 0.000000784. The second kappa shape index (κ2) is 12.6. The van der Waals surface area contributed by atoms with Crippen molar-refractivity contribution in [2.45, 2.75) is 66.9 Å². The van der Waals surface area contributed by atoms with Crippen LogP contribution in [-0.4, -0.2) is 23.6 Å². The lowest BCUT2D eigenvalue weighted by Gasteiger charge is -2.37. The molecule has 6 nitrogen and oxygen atoms in total. The third-order valence-corrected chi connectivity index (χ3v) is 6.66. The molecule has 0 amide bonds. The SMILES string of the molecule is CC=C(C)C.Cc1c(C)c2c(c(C)c1O)CCC(C)(COc1ccc(/C=C(/C=O)SN=O)cc1)O2. The summed E-state index contributed by atoms with van der Waals surface area (Å²) in [6.07, 6.45) is 5.87. The molecular formula is C28H35NO5S. The molecule has 1 aliphatic heterocycles. The van der Waals surface area contributed by atoms with Gasteiger partial charge in [-0.1, -0.05) is 23.8 Å². The Morgan fingerprint density at radius 3 is 2.34 bits per heavy atom. The number of fused-ring (bicyclic) bond motifs is 1. The first-order valence-electron chi connectivity index (χ1n) is 11.5. The van der Waals surface area contributed by atoms with E-state index in [1.165, 1.54) is 5.57 Å². The monoisotopic (exact) mass is 497 g/mol. The average molecular weight is 498 g/mol. The summed E-state index contributed by atoms with van der Waals surface area (Å²) >= 11 is 0.601. The Morgan fingerprint density at radius 1 is 1.17 bits per heavy atom. The number of carbonyl (C=O) groups excluding carboxylic acids is 1. The van der Waals surface area contributed by atoms with Gasteiger partial charge in [-0.05, 0) is 102 Å². The summed E-state index contributed by atoms with van der Waals surface area (Å²) in [5.74, 6) is 1.89. The highest BCUT2D eigenvalue weighted by atomic mass is 32.2. The maximum absolute atomic E-state index is 10.9. The number of ether oxygens (including phenoxy) is 2. The maximum atomic E-state index is 10.9. The van der Waals surface area contributed by atoms with Gasteiger partial charge in [0.25, 0.3) is 0 Å². The summed E-state index contributed by atoms with van der Waals surface area (Å²) in [5.41, 5.74) is 5.43. The molecule has 0 saturated carbocycles. The Morgan fingerprint density at radius 2 is 1.80 bits per heavy atom. The summed E-state index contributed by atoms with van der Waals surface area (Å²) in [6, 6.07) is 7.24. The third-order valence-electron chi connectivity index (χ3n) is 6.16. The number of aromatic hydroxyl groups is 1. The molecule has 1 aliphatic rings. The minimum Gasteiger partial charge on any atom is -0.507 e. The largest absolute Gasteiger partial charge is 0.507 e. The number of hydrogen-bond acceptors (Lipinski definition) is 7. The zero-order chi connectivity index (χ0) is 26.2. The number of nitroso groups, excluding NO2 is 1. The second-order valence-corrected chi connectivity index (χ2v) is 9.94. The molecule has 1 heterocycles. The molecule has 7 heteroatoms. The van der Waals surface area contributed by atoms with Crippen LogP contribution >= 0.6 is 11.9 Å². The van der Waals surface area contributed by atoms with Crippen molar-refractivity contribution in [1.29, 1.82) is 0 Å². The lowest BCUT2D eigenvalue weighted by atomic mass is 9.87. The minimum absolute atomic E-state index is 0.243. The molecule has 188 valence electrons. The van der Waals surface area contributed by atoms with E-state index in [2.05, 4.69) is 24.5 Å². The van der Waals surface area contributed by atoms with Gasteiger partial charge in [0.1, 0.15) is 29.5 Å². The van der Waals surface area contributed by atoms with Gasteiger partial charge in [-0.2, -0.15) is 0 Å². The predicted molar refractivity (Wildman–Crippen MR) is 144 cm³/mol. The molecule has 1 unspecified atom stereocenters. The number of nitrogens with zero attached hydrogens (tertiary/aromatic N) is 1. The van der Waals surface area contributed by atoms with Gasteiger partial charge in [0.2, 0.25) is 0 Å². The lowest BCUT2D eigenvalue weighted by Crippen LogP contribution is -2.42. The Kier molecular flexibility index (Phi) is 10.1. The van der Waals surface area contributed by atoms with Gasteiger partial charge in [-0.25, -0.2) is 0 Å². The van der Waals surface area contributed by atoms with Gasteiger partial charge in [0.05, 0.1) is 16.9 Å². The first kappa shape index (κ1) is 28.2. The van der Waals surface area contributed by atoms with Crippen molar-refractivity contribution in [1.82, 2.24) is 0 Å². The molecule has 0 aromatic heterocycles. The number of hydrogen-bond donors (Lipinski definition) is 1. The van der Waals surface area contributed by atoms with E-state index in [0.717, 1.165) is 46.4 Å². The quantitative estimate of drug-likeness (QED) is 0.141. The van der Waals surface area contributed by atoms with Gasteiger partial charge >= 0.3 is 0 Å². The van der Waals surface area contributed by atoms with Crippen LogP contribution in [0.15, 0.2) is 45.4 Å². The predicted octanol–water partition coefficient (Wildman–Crippen LogP) is 7.41. The normalized spacial score (nSPS) is 16.7. The molecule has 35 heavy (non-hydrogen) atoms. The number of aldehydes is 1. The number of allylic oxidation sites excluding steroid dienone is 3. The maximum Gasteiger partial charge on any atom is 0.158 e. The highest BCUT2D eigenvalue weighted by Gasteiger charge is 2.35. The van der Waals surface area contributed by atoms with E-state index in [9.17, 15) is 14.8 Å².